The number of carbonyl (C=O) groups is 1. The first-order chi connectivity index (χ1) is 13.2. The van der Waals surface area contributed by atoms with Crippen LogP contribution in [0.4, 0.5) is 0 Å². The lowest BCUT2D eigenvalue weighted by molar-refractivity contribution is 0.0778. The van der Waals surface area contributed by atoms with Crippen LogP contribution in [-0.4, -0.2) is 38.5 Å². The summed E-state index contributed by atoms with van der Waals surface area (Å²) in [5, 5.41) is 5.97. The van der Waals surface area contributed by atoms with Gasteiger partial charge in [-0.2, -0.15) is 5.10 Å². The van der Waals surface area contributed by atoms with Gasteiger partial charge in [0, 0.05) is 18.8 Å². The number of hydrazone groups is 1. The van der Waals surface area contributed by atoms with E-state index in [-0.39, 0.29) is 5.91 Å². The quantitative estimate of drug-likeness (QED) is 0.511. The Labute approximate surface area is 163 Å². The lowest BCUT2D eigenvalue weighted by Gasteiger charge is -2.11. The van der Waals surface area contributed by atoms with Crippen LogP contribution in [0.1, 0.15) is 54.9 Å². The van der Waals surface area contributed by atoms with Crippen molar-refractivity contribution in [2.24, 2.45) is 5.10 Å². The maximum absolute atomic E-state index is 12.5. The summed E-state index contributed by atoms with van der Waals surface area (Å²) in [6, 6.07) is 11.2. The van der Waals surface area contributed by atoms with E-state index < -0.39 is 11.2 Å². The Morgan fingerprint density at radius 1 is 1.19 bits per heavy atom. The summed E-state index contributed by atoms with van der Waals surface area (Å²) in [5.41, 5.74) is 2.40. The van der Waals surface area contributed by atoms with Crippen LogP contribution >= 0.6 is 0 Å². The van der Waals surface area contributed by atoms with E-state index in [0.717, 1.165) is 29.0 Å². The molecule has 0 saturated carbocycles. The lowest BCUT2D eigenvalue weighted by atomic mass is 10.1. The Bertz CT molecular complexity index is 778. The number of aromatic nitrogens is 1. The fourth-order valence-corrected chi connectivity index (χ4v) is 4.16. The molecule has 1 atom stereocenters. The minimum Gasteiger partial charge on any atom is -0.611 e. The van der Waals surface area contributed by atoms with Crippen LogP contribution < -0.4 is 0 Å². The van der Waals surface area contributed by atoms with Crippen molar-refractivity contribution in [3.8, 4) is 0 Å². The summed E-state index contributed by atoms with van der Waals surface area (Å²) in [6.45, 7) is 2.74. The molecule has 2 heterocycles. The molecule has 0 spiro atoms. The number of benzene rings is 1. The highest BCUT2D eigenvalue weighted by Crippen LogP contribution is 2.19. The Balaban J connectivity index is 1.61. The number of nitrogens with zero attached hydrogens (tertiary/aromatic N) is 3. The van der Waals surface area contributed by atoms with Gasteiger partial charge in [-0.15, -0.1) is 0 Å². The molecule has 1 aliphatic heterocycles. The molecule has 27 heavy (non-hydrogen) atoms. The standard InChI is InChI=1S/C21H25N3O2S/c1-2-3-4-5-15-27(26)19-10-8-17(9-11-19)20-12-14-24(23-20)21(25)18-7-6-13-22-16-18/h6-11,13,16H,2-5,12,14-15H2,1H3. The van der Waals surface area contributed by atoms with Crippen LogP contribution in [-0.2, 0) is 11.2 Å². The summed E-state index contributed by atoms with van der Waals surface area (Å²) < 4.78 is 12.4. The first kappa shape index (κ1) is 19.6. The maximum atomic E-state index is 12.5. The van der Waals surface area contributed by atoms with Crippen LogP contribution in [0.3, 0.4) is 0 Å². The minimum atomic E-state index is -0.947. The highest BCUT2D eigenvalue weighted by molar-refractivity contribution is 7.91. The topological polar surface area (TPSA) is 68.6 Å². The van der Waals surface area contributed by atoms with Gasteiger partial charge in [0.1, 0.15) is 5.75 Å². The Morgan fingerprint density at radius 3 is 2.70 bits per heavy atom. The lowest BCUT2D eigenvalue weighted by Crippen LogP contribution is -2.23. The molecule has 0 radical (unpaired) electrons. The van der Waals surface area contributed by atoms with Crippen molar-refractivity contribution in [1.29, 1.82) is 0 Å². The van der Waals surface area contributed by atoms with Gasteiger partial charge in [0.15, 0.2) is 4.90 Å². The molecular weight excluding hydrogens is 358 g/mol. The van der Waals surface area contributed by atoms with E-state index in [1.807, 2.05) is 24.3 Å². The van der Waals surface area contributed by atoms with Crippen LogP contribution in [0.15, 0.2) is 58.8 Å². The first-order valence-corrected chi connectivity index (χ1v) is 10.8. The highest BCUT2D eigenvalue weighted by Gasteiger charge is 2.23. The number of rotatable bonds is 8. The molecule has 1 aliphatic rings. The van der Waals surface area contributed by atoms with Gasteiger partial charge in [0.25, 0.3) is 5.91 Å². The molecule has 5 nitrogen and oxygen atoms in total. The van der Waals surface area contributed by atoms with Crippen LogP contribution in [0, 0.1) is 0 Å². The molecule has 1 unspecified atom stereocenters. The van der Waals surface area contributed by atoms with Crippen LogP contribution in [0.5, 0.6) is 0 Å². The number of pyridine rings is 1. The normalized spacial score (nSPS) is 14.9. The van der Waals surface area contributed by atoms with Crippen LogP contribution in [0.2, 0.25) is 0 Å². The van der Waals surface area contributed by atoms with E-state index >= 15 is 0 Å². The van der Waals surface area contributed by atoms with Crippen molar-refractivity contribution >= 4 is 22.8 Å². The van der Waals surface area contributed by atoms with Crippen LogP contribution in [0.25, 0.3) is 0 Å². The van der Waals surface area contributed by atoms with E-state index in [9.17, 15) is 9.35 Å². The van der Waals surface area contributed by atoms with E-state index in [1.165, 1.54) is 17.9 Å². The SMILES string of the molecule is CCCCCC[S+]([O-])c1ccc(C2=NN(C(=O)c3cccnc3)CC2)cc1. The monoisotopic (exact) mass is 383 g/mol. The Kier molecular flexibility index (Phi) is 7.01. The van der Waals surface area contributed by atoms with Crippen molar-refractivity contribution in [2.45, 2.75) is 43.9 Å². The second-order valence-electron chi connectivity index (χ2n) is 6.60. The third-order valence-electron chi connectivity index (χ3n) is 4.58. The van der Waals surface area contributed by atoms with Gasteiger partial charge in [0.2, 0.25) is 0 Å². The maximum Gasteiger partial charge on any atom is 0.275 e. The molecule has 142 valence electrons. The number of amides is 1. The third kappa shape index (κ3) is 5.17. The van der Waals surface area contributed by atoms with Gasteiger partial charge >= 0.3 is 0 Å². The Morgan fingerprint density at radius 2 is 2.00 bits per heavy atom. The van der Waals surface area contributed by atoms with Gasteiger partial charge in [-0.25, -0.2) is 5.01 Å². The second-order valence-corrected chi connectivity index (χ2v) is 8.17. The molecule has 0 aliphatic carbocycles. The zero-order valence-corrected chi connectivity index (χ0v) is 16.5. The molecule has 1 aromatic carbocycles. The van der Waals surface area contributed by atoms with Crippen molar-refractivity contribution in [3.05, 3.63) is 59.9 Å². The summed E-state index contributed by atoms with van der Waals surface area (Å²) in [6.07, 6.45) is 8.43. The van der Waals surface area contributed by atoms with Gasteiger partial charge in [-0.3, -0.25) is 9.78 Å². The molecule has 0 N–H and O–H groups in total. The van der Waals surface area contributed by atoms with Gasteiger partial charge < -0.3 is 4.55 Å². The highest BCUT2D eigenvalue weighted by atomic mass is 32.2. The molecule has 0 bridgehead atoms. The minimum absolute atomic E-state index is 0.136. The van der Waals surface area contributed by atoms with E-state index in [2.05, 4.69) is 17.0 Å². The molecule has 0 saturated heterocycles. The van der Waals surface area contributed by atoms with Gasteiger partial charge in [-0.1, -0.05) is 19.8 Å². The van der Waals surface area contributed by atoms with Crippen molar-refractivity contribution in [1.82, 2.24) is 9.99 Å². The van der Waals surface area contributed by atoms with E-state index in [0.29, 0.717) is 24.3 Å². The summed E-state index contributed by atoms with van der Waals surface area (Å²) in [4.78, 5) is 17.3. The average molecular weight is 384 g/mol. The van der Waals surface area contributed by atoms with Crippen molar-refractivity contribution < 1.29 is 9.35 Å². The van der Waals surface area contributed by atoms with Crippen molar-refractivity contribution in [3.63, 3.8) is 0 Å². The zero-order chi connectivity index (χ0) is 19.1. The smallest absolute Gasteiger partial charge is 0.275 e. The van der Waals surface area contributed by atoms with E-state index in [1.54, 1.807) is 24.5 Å². The number of carbonyl (C=O) groups excluding carboxylic acids is 1. The molecular formula is C21H25N3O2S. The molecule has 2 aromatic rings. The number of hydrogen-bond acceptors (Lipinski definition) is 4. The third-order valence-corrected chi connectivity index (χ3v) is 6.04. The van der Waals surface area contributed by atoms with Crippen molar-refractivity contribution in [2.75, 3.05) is 12.3 Å². The molecule has 1 amide bonds. The summed E-state index contributed by atoms with van der Waals surface area (Å²) in [5.74, 6) is 0.580. The van der Waals surface area contributed by atoms with E-state index in [4.69, 9.17) is 0 Å². The predicted molar refractivity (Wildman–Crippen MR) is 108 cm³/mol. The summed E-state index contributed by atoms with van der Waals surface area (Å²) >= 11 is -0.947. The average Bonchev–Trinajstić information content (AvgIpc) is 3.21. The number of hydrogen-bond donors (Lipinski definition) is 0. The molecule has 3 rings (SSSR count). The zero-order valence-electron chi connectivity index (χ0n) is 15.6. The Hall–Kier alpha value is -2.18. The molecule has 1 aromatic heterocycles. The fourth-order valence-electron chi connectivity index (χ4n) is 3.02. The molecule has 6 heteroatoms. The fraction of sp³-hybridized carbons (Fsp3) is 0.381. The predicted octanol–water partition coefficient (Wildman–Crippen LogP) is 4.02. The molecule has 0 fully saturated rings. The largest absolute Gasteiger partial charge is 0.611 e. The first-order valence-electron chi connectivity index (χ1n) is 9.47. The number of unbranched alkanes of at least 4 members (excludes halogenated alkanes) is 3. The van der Waals surface area contributed by atoms with Gasteiger partial charge in [0.05, 0.1) is 17.8 Å². The summed E-state index contributed by atoms with van der Waals surface area (Å²) in [7, 11) is 0. The van der Waals surface area contributed by atoms with Gasteiger partial charge in [-0.05, 0) is 66.0 Å². The second kappa shape index (κ2) is 9.67.